The number of hydrogen-bond acceptors (Lipinski definition) is 2. The van der Waals surface area contributed by atoms with Gasteiger partial charge in [-0.05, 0) is 26.7 Å². The van der Waals surface area contributed by atoms with Crippen molar-refractivity contribution in [2.24, 2.45) is 0 Å². The monoisotopic (exact) mass is 216 g/mol. The normalized spacial score (nSPS) is 20.7. The topological polar surface area (TPSA) is 34.1 Å². The molecule has 1 fully saturated rings. The van der Waals surface area contributed by atoms with E-state index in [1.807, 2.05) is 0 Å². The molecule has 82 valence electrons. The van der Waals surface area contributed by atoms with Crippen molar-refractivity contribution in [3.8, 4) is 0 Å². The lowest BCUT2D eigenvalue weighted by Gasteiger charge is -2.29. The quantitative estimate of drug-likeness (QED) is 0.680. The van der Waals surface area contributed by atoms with Crippen molar-refractivity contribution in [3.63, 3.8) is 0 Å². The van der Waals surface area contributed by atoms with E-state index in [-0.39, 0.29) is 5.25 Å². The average molecular weight is 216 g/mol. The second-order valence-corrected chi connectivity index (χ2v) is 7.42. The van der Waals surface area contributed by atoms with Gasteiger partial charge in [0.2, 0.25) is 0 Å². The largest absolute Gasteiger partial charge is 0.228 e. The first-order valence-electron chi connectivity index (χ1n) is 5.29. The first kappa shape index (κ1) is 11.8. The fourth-order valence-corrected chi connectivity index (χ4v) is 3.97. The molecule has 0 saturated heterocycles. The lowest BCUT2D eigenvalue weighted by atomic mass is 10.0. The zero-order chi connectivity index (χ0) is 10.8. The highest BCUT2D eigenvalue weighted by Crippen LogP contribution is 2.31. The lowest BCUT2D eigenvalue weighted by molar-refractivity contribution is 0.474. The van der Waals surface area contributed by atoms with Crippen molar-refractivity contribution in [1.29, 1.82) is 0 Å². The highest BCUT2D eigenvalue weighted by molar-refractivity contribution is 7.93. The minimum absolute atomic E-state index is 0.135. The zero-order valence-corrected chi connectivity index (χ0v) is 9.94. The molecule has 0 heterocycles. The van der Waals surface area contributed by atoms with Gasteiger partial charge < -0.3 is 0 Å². The van der Waals surface area contributed by atoms with Crippen LogP contribution in [0.4, 0.5) is 0 Å². The highest BCUT2D eigenvalue weighted by atomic mass is 32.2. The van der Waals surface area contributed by atoms with Crippen LogP contribution in [0.3, 0.4) is 0 Å². The molecule has 0 spiro atoms. The van der Waals surface area contributed by atoms with Gasteiger partial charge in [-0.25, -0.2) is 8.42 Å². The van der Waals surface area contributed by atoms with Gasteiger partial charge in [-0.2, -0.15) is 0 Å². The van der Waals surface area contributed by atoms with E-state index in [0.29, 0.717) is 0 Å². The van der Waals surface area contributed by atoms with E-state index in [0.717, 1.165) is 25.7 Å². The first-order valence-corrected chi connectivity index (χ1v) is 6.83. The van der Waals surface area contributed by atoms with Crippen molar-refractivity contribution in [2.75, 3.05) is 0 Å². The maximum Gasteiger partial charge on any atom is 0.161 e. The van der Waals surface area contributed by atoms with E-state index in [4.69, 9.17) is 0 Å². The van der Waals surface area contributed by atoms with E-state index in [9.17, 15) is 8.42 Å². The summed E-state index contributed by atoms with van der Waals surface area (Å²) in [5, 5.41) is -0.135. The maximum absolute atomic E-state index is 12.2. The van der Waals surface area contributed by atoms with E-state index in [2.05, 4.69) is 6.58 Å². The number of sulfone groups is 1. The number of rotatable bonds is 3. The van der Waals surface area contributed by atoms with Crippen LogP contribution in [0, 0.1) is 0 Å². The molecule has 2 nitrogen and oxygen atoms in total. The van der Waals surface area contributed by atoms with Crippen LogP contribution < -0.4 is 0 Å². The highest BCUT2D eigenvalue weighted by Gasteiger charge is 2.38. The molecule has 0 aromatic heterocycles. The summed E-state index contributed by atoms with van der Waals surface area (Å²) in [6.45, 7) is 7.09. The van der Waals surface area contributed by atoms with Gasteiger partial charge in [-0.1, -0.05) is 25.3 Å². The Morgan fingerprint density at radius 1 is 1.21 bits per heavy atom. The lowest BCUT2D eigenvalue weighted by Crippen LogP contribution is -2.39. The van der Waals surface area contributed by atoms with Gasteiger partial charge in [0.15, 0.2) is 9.84 Å². The molecule has 3 heteroatoms. The standard InChI is InChI=1S/C11H20O2S/c1-4-11(2,3)14(12,13)10-8-6-5-7-9-10/h4,10H,1,5-9H2,2-3H3. The Hall–Kier alpha value is -0.310. The summed E-state index contributed by atoms with van der Waals surface area (Å²) in [6.07, 6.45) is 6.50. The molecule has 0 radical (unpaired) electrons. The second kappa shape index (κ2) is 4.05. The predicted molar refractivity (Wildman–Crippen MR) is 60.1 cm³/mol. The summed E-state index contributed by atoms with van der Waals surface area (Å²) in [5.41, 5.74) is 0. The van der Waals surface area contributed by atoms with Gasteiger partial charge in [0.1, 0.15) is 0 Å². The zero-order valence-electron chi connectivity index (χ0n) is 9.12. The Morgan fingerprint density at radius 3 is 2.14 bits per heavy atom. The SMILES string of the molecule is C=CC(C)(C)S(=O)(=O)C1CCCCC1. The Morgan fingerprint density at radius 2 is 1.71 bits per heavy atom. The molecule has 1 aliphatic rings. The third kappa shape index (κ3) is 2.02. The van der Waals surface area contributed by atoms with Crippen LogP contribution in [0.2, 0.25) is 0 Å². The van der Waals surface area contributed by atoms with Gasteiger partial charge in [0, 0.05) is 0 Å². The molecule has 0 aromatic rings. The van der Waals surface area contributed by atoms with Gasteiger partial charge >= 0.3 is 0 Å². The molecule has 0 amide bonds. The minimum atomic E-state index is -3.03. The fraction of sp³-hybridized carbons (Fsp3) is 0.818. The Bertz CT molecular complexity index is 295. The smallest absolute Gasteiger partial charge is 0.161 e. The van der Waals surface area contributed by atoms with Crippen molar-refractivity contribution >= 4 is 9.84 Å². The molecule has 0 aromatic carbocycles. The summed E-state index contributed by atoms with van der Waals surface area (Å²) in [7, 11) is -3.03. The summed E-state index contributed by atoms with van der Waals surface area (Å²) in [5.74, 6) is 0. The molecule has 14 heavy (non-hydrogen) atoms. The summed E-state index contributed by atoms with van der Waals surface area (Å²) in [4.78, 5) is 0. The van der Waals surface area contributed by atoms with Gasteiger partial charge in [0.05, 0.1) is 10.00 Å². The van der Waals surface area contributed by atoms with Gasteiger partial charge in [-0.15, -0.1) is 6.58 Å². The third-order valence-electron chi connectivity index (χ3n) is 3.22. The molecule has 0 bridgehead atoms. The summed E-state index contributed by atoms with van der Waals surface area (Å²) in [6, 6.07) is 0. The average Bonchev–Trinajstić information content (AvgIpc) is 2.19. The Labute approximate surface area is 87.3 Å². The van der Waals surface area contributed by atoms with Crippen molar-refractivity contribution < 1.29 is 8.42 Å². The van der Waals surface area contributed by atoms with E-state index < -0.39 is 14.6 Å². The van der Waals surface area contributed by atoms with Gasteiger partial charge in [-0.3, -0.25) is 0 Å². The van der Waals surface area contributed by atoms with Crippen LogP contribution in [-0.2, 0) is 9.84 Å². The van der Waals surface area contributed by atoms with Crippen LogP contribution in [0.25, 0.3) is 0 Å². The molecular formula is C11H20O2S. The first-order chi connectivity index (χ1) is 6.42. The third-order valence-corrected chi connectivity index (χ3v) is 6.20. The summed E-state index contributed by atoms with van der Waals surface area (Å²) < 4.78 is 23.6. The maximum atomic E-state index is 12.2. The molecule has 0 aliphatic heterocycles. The van der Waals surface area contributed by atoms with Crippen LogP contribution in [0.1, 0.15) is 46.0 Å². The van der Waals surface area contributed by atoms with E-state index >= 15 is 0 Å². The molecule has 1 aliphatic carbocycles. The molecular weight excluding hydrogens is 196 g/mol. The number of hydrogen-bond donors (Lipinski definition) is 0. The Balaban J connectivity index is 2.88. The fourth-order valence-electron chi connectivity index (χ4n) is 1.92. The van der Waals surface area contributed by atoms with E-state index in [1.165, 1.54) is 6.42 Å². The van der Waals surface area contributed by atoms with Crippen LogP contribution in [-0.4, -0.2) is 18.4 Å². The minimum Gasteiger partial charge on any atom is -0.228 e. The predicted octanol–water partition coefficient (Wildman–Crippen LogP) is 2.70. The van der Waals surface area contributed by atoms with E-state index in [1.54, 1.807) is 19.9 Å². The van der Waals surface area contributed by atoms with Crippen molar-refractivity contribution in [3.05, 3.63) is 12.7 Å². The molecule has 0 N–H and O–H groups in total. The molecule has 0 unspecified atom stereocenters. The van der Waals surface area contributed by atoms with Crippen LogP contribution in [0.15, 0.2) is 12.7 Å². The van der Waals surface area contributed by atoms with Crippen molar-refractivity contribution in [2.45, 2.75) is 55.9 Å². The molecule has 1 rings (SSSR count). The van der Waals surface area contributed by atoms with Crippen molar-refractivity contribution in [1.82, 2.24) is 0 Å². The molecule has 0 atom stereocenters. The Kier molecular flexibility index (Phi) is 3.40. The summed E-state index contributed by atoms with van der Waals surface area (Å²) >= 11 is 0. The second-order valence-electron chi connectivity index (χ2n) is 4.61. The van der Waals surface area contributed by atoms with Gasteiger partial charge in [0.25, 0.3) is 0 Å². The molecule has 1 saturated carbocycles. The van der Waals surface area contributed by atoms with Crippen LogP contribution >= 0.6 is 0 Å². The van der Waals surface area contributed by atoms with Crippen LogP contribution in [0.5, 0.6) is 0 Å².